The third-order valence-corrected chi connectivity index (χ3v) is 3.93. The van der Waals surface area contributed by atoms with Crippen molar-refractivity contribution in [3.63, 3.8) is 0 Å². The van der Waals surface area contributed by atoms with Crippen molar-refractivity contribution < 1.29 is 9.52 Å². The third-order valence-electron chi connectivity index (χ3n) is 3.04. The average Bonchev–Trinajstić information content (AvgIpc) is 2.81. The zero-order chi connectivity index (χ0) is 14.3. The summed E-state index contributed by atoms with van der Waals surface area (Å²) in [4.78, 5) is 0. The summed E-state index contributed by atoms with van der Waals surface area (Å²) in [5.41, 5.74) is 1.08. The number of fused-ring (bicyclic) bond motifs is 1. The van der Waals surface area contributed by atoms with Crippen LogP contribution in [-0.4, -0.2) is 5.11 Å². The van der Waals surface area contributed by atoms with E-state index in [-0.39, 0.29) is 0 Å². The van der Waals surface area contributed by atoms with Gasteiger partial charge in [0.25, 0.3) is 0 Å². The van der Waals surface area contributed by atoms with Gasteiger partial charge in [-0.05, 0) is 36.4 Å². The maximum Gasteiger partial charge on any atom is 0.140 e. The first-order valence-corrected chi connectivity index (χ1v) is 7.00. The van der Waals surface area contributed by atoms with Crippen LogP contribution < -0.4 is 0 Å². The molecule has 0 aliphatic rings. The van der Waals surface area contributed by atoms with Crippen molar-refractivity contribution in [1.82, 2.24) is 0 Å². The summed E-state index contributed by atoms with van der Waals surface area (Å²) >= 11 is 18.1. The Hall–Kier alpha value is -1.19. The van der Waals surface area contributed by atoms with E-state index in [1.165, 1.54) is 0 Å². The molecule has 2 aromatic carbocycles. The zero-order valence-corrected chi connectivity index (χ0v) is 12.4. The summed E-state index contributed by atoms with van der Waals surface area (Å²) in [6.07, 6.45) is -1.03. The minimum atomic E-state index is -1.03. The highest BCUT2D eigenvalue weighted by Crippen LogP contribution is 2.36. The lowest BCUT2D eigenvalue weighted by molar-refractivity contribution is 0.192. The molecule has 3 rings (SSSR count). The molecule has 0 fully saturated rings. The number of aliphatic hydroxyl groups excluding tert-OH is 1. The van der Waals surface area contributed by atoms with E-state index in [1.807, 2.05) is 0 Å². The van der Waals surface area contributed by atoms with Gasteiger partial charge in [-0.2, -0.15) is 0 Å². The molecule has 1 unspecified atom stereocenters. The van der Waals surface area contributed by atoms with E-state index < -0.39 is 6.10 Å². The molecule has 102 valence electrons. The second-order valence-corrected chi connectivity index (χ2v) is 5.62. The van der Waals surface area contributed by atoms with Crippen LogP contribution in [0.4, 0.5) is 0 Å². The molecule has 2 nitrogen and oxygen atoms in total. The minimum Gasteiger partial charge on any atom is -0.458 e. The maximum atomic E-state index is 10.4. The predicted molar refractivity (Wildman–Crippen MR) is 81.7 cm³/mol. The van der Waals surface area contributed by atoms with Gasteiger partial charge in [0.2, 0.25) is 0 Å². The number of aliphatic hydroxyl groups is 1. The van der Waals surface area contributed by atoms with Crippen LogP contribution >= 0.6 is 34.8 Å². The second-order valence-electron chi connectivity index (χ2n) is 4.37. The van der Waals surface area contributed by atoms with Crippen LogP contribution in [0.2, 0.25) is 15.1 Å². The van der Waals surface area contributed by atoms with Crippen molar-refractivity contribution in [2.45, 2.75) is 6.10 Å². The molecule has 3 aromatic rings. The number of rotatable bonds is 2. The molecule has 1 atom stereocenters. The molecule has 1 heterocycles. The lowest BCUT2D eigenvalue weighted by atomic mass is 10.1. The van der Waals surface area contributed by atoms with Gasteiger partial charge >= 0.3 is 0 Å². The quantitative estimate of drug-likeness (QED) is 0.676. The number of hydrogen-bond acceptors (Lipinski definition) is 2. The number of benzene rings is 2. The third kappa shape index (κ3) is 2.40. The van der Waals surface area contributed by atoms with Crippen molar-refractivity contribution in [3.05, 3.63) is 68.9 Å². The molecular weight excluding hydrogens is 319 g/mol. The first-order valence-electron chi connectivity index (χ1n) is 5.87. The van der Waals surface area contributed by atoms with Crippen molar-refractivity contribution >= 4 is 45.8 Å². The van der Waals surface area contributed by atoms with Gasteiger partial charge < -0.3 is 9.52 Å². The lowest BCUT2D eigenvalue weighted by Gasteiger charge is -2.11. The highest BCUT2D eigenvalue weighted by atomic mass is 35.5. The summed E-state index contributed by atoms with van der Waals surface area (Å²) < 4.78 is 5.62. The van der Waals surface area contributed by atoms with E-state index in [1.54, 1.807) is 42.5 Å². The first-order chi connectivity index (χ1) is 9.56. The van der Waals surface area contributed by atoms with Gasteiger partial charge in [0.05, 0.1) is 0 Å². The van der Waals surface area contributed by atoms with Crippen LogP contribution in [0.3, 0.4) is 0 Å². The van der Waals surface area contributed by atoms with Crippen molar-refractivity contribution in [1.29, 1.82) is 0 Å². The molecule has 0 saturated heterocycles. The number of halogens is 3. The van der Waals surface area contributed by atoms with E-state index in [4.69, 9.17) is 39.2 Å². The fourth-order valence-electron chi connectivity index (χ4n) is 2.08. The largest absolute Gasteiger partial charge is 0.458 e. The van der Waals surface area contributed by atoms with Gasteiger partial charge in [-0.3, -0.25) is 0 Å². The monoisotopic (exact) mass is 326 g/mol. The predicted octanol–water partition coefficient (Wildman–Crippen LogP) is 5.47. The maximum absolute atomic E-state index is 10.4. The topological polar surface area (TPSA) is 33.4 Å². The molecule has 0 spiro atoms. The summed E-state index contributed by atoms with van der Waals surface area (Å²) in [6.45, 7) is 0. The first kappa shape index (κ1) is 13.8. The molecule has 0 amide bonds. The summed E-state index contributed by atoms with van der Waals surface area (Å²) in [5.74, 6) is 0.372. The van der Waals surface area contributed by atoms with Crippen molar-refractivity contribution in [3.8, 4) is 0 Å². The van der Waals surface area contributed by atoms with E-state index in [0.29, 0.717) is 32.0 Å². The van der Waals surface area contributed by atoms with Crippen molar-refractivity contribution in [2.24, 2.45) is 0 Å². The van der Waals surface area contributed by atoms with Gasteiger partial charge in [-0.1, -0.05) is 40.9 Å². The molecule has 0 aliphatic heterocycles. The lowest BCUT2D eigenvalue weighted by Crippen LogP contribution is -1.99. The second kappa shape index (κ2) is 5.30. The average molecular weight is 328 g/mol. The number of hydrogen-bond donors (Lipinski definition) is 1. The Labute approximate surface area is 130 Å². The van der Waals surface area contributed by atoms with Crippen molar-refractivity contribution in [2.75, 3.05) is 0 Å². The van der Waals surface area contributed by atoms with E-state index >= 15 is 0 Å². The van der Waals surface area contributed by atoms with Gasteiger partial charge in [0.1, 0.15) is 17.4 Å². The van der Waals surface area contributed by atoms with Gasteiger partial charge in [0.15, 0.2) is 0 Å². The Morgan fingerprint density at radius 1 is 0.950 bits per heavy atom. The SMILES string of the molecule is OC(c1cc2cc(Cl)ccc2o1)c1c(Cl)cccc1Cl. The van der Waals surface area contributed by atoms with Gasteiger partial charge in [0, 0.05) is 26.0 Å². The molecule has 0 radical (unpaired) electrons. The smallest absolute Gasteiger partial charge is 0.140 e. The van der Waals surface area contributed by atoms with Crippen LogP contribution in [0, 0.1) is 0 Å². The summed E-state index contributed by atoms with van der Waals surface area (Å²) in [6, 6.07) is 12.0. The Morgan fingerprint density at radius 2 is 1.65 bits per heavy atom. The van der Waals surface area contributed by atoms with Gasteiger partial charge in [-0.25, -0.2) is 0 Å². The molecule has 0 aliphatic carbocycles. The van der Waals surface area contributed by atoms with E-state index in [9.17, 15) is 5.11 Å². The van der Waals surface area contributed by atoms with Crippen LogP contribution in [0.1, 0.15) is 17.4 Å². The summed E-state index contributed by atoms with van der Waals surface area (Å²) in [7, 11) is 0. The Morgan fingerprint density at radius 3 is 2.35 bits per heavy atom. The highest BCUT2D eigenvalue weighted by molar-refractivity contribution is 6.36. The molecule has 1 N–H and O–H groups in total. The number of furan rings is 1. The Bertz CT molecular complexity index is 760. The molecule has 1 aromatic heterocycles. The fraction of sp³-hybridized carbons (Fsp3) is 0.0667. The highest BCUT2D eigenvalue weighted by Gasteiger charge is 2.21. The normalized spacial score (nSPS) is 12.8. The zero-order valence-electron chi connectivity index (χ0n) is 10.1. The van der Waals surface area contributed by atoms with Crippen LogP contribution in [-0.2, 0) is 0 Å². The molecule has 0 bridgehead atoms. The van der Waals surface area contributed by atoms with Crippen LogP contribution in [0.15, 0.2) is 46.9 Å². The molecule has 0 saturated carbocycles. The molecule has 20 heavy (non-hydrogen) atoms. The molecule has 5 heteroatoms. The summed E-state index contributed by atoms with van der Waals surface area (Å²) in [5, 5.41) is 12.6. The molecular formula is C15H9Cl3O2. The Kier molecular flexibility index (Phi) is 3.65. The standard InChI is InChI=1S/C15H9Cl3O2/c16-9-4-5-12-8(6-9)7-13(20-12)15(19)14-10(17)2-1-3-11(14)18/h1-7,15,19H. The van der Waals surface area contributed by atoms with Crippen LogP contribution in [0.25, 0.3) is 11.0 Å². The fourth-order valence-corrected chi connectivity index (χ4v) is 2.87. The van der Waals surface area contributed by atoms with E-state index in [0.717, 1.165) is 5.39 Å². The Balaban J connectivity index is 2.10. The van der Waals surface area contributed by atoms with Gasteiger partial charge in [-0.15, -0.1) is 0 Å². The van der Waals surface area contributed by atoms with E-state index in [2.05, 4.69) is 0 Å². The minimum absolute atomic E-state index is 0.372. The van der Waals surface area contributed by atoms with Crippen LogP contribution in [0.5, 0.6) is 0 Å².